The molecule has 0 spiro atoms. The maximum Gasteiger partial charge on any atom is 0.116 e. The van der Waals surface area contributed by atoms with Crippen molar-refractivity contribution >= 4 is 56.4 Å². The van der Waals surface area contributed by atoms with Gasteiger partial charge in [-0.1, -0.05) is 65.1 Å². The Kier molecular flexibility index (Phi) is 4.42. The van der Waals surface area contributed by atoms with Gasteiger partial charge in [-0.15, -0.1) is 11.3 Å². The van der Waals surface area contributed by atoms with Gasteiger partial charge in [0.05, 0.1) is 31.0 Å². The number of aromatic nitrogens is 2. The third-order valence-electron chi connectivity index (χ3n) is 4.04. The highest BCUT2D eigenvalue weighted by atomic mass is 35.5. The molecule has 0 bridgehead atoms. The molecule has 2 nitrogen and oxygen atoms in total. The molecule has 0 N–H and O–H groups in total. The molecule has 0 aliphatic carbocycles. The van der Waals surface area contributed by atoms with Gasteiger partial charge in [0, 0.05) is 22.1 Å². The normalized spacial score (nSPS) is 11.2. The van der Waals surface area contributed by atoms with Crippen molar-refractivity contribution in [3.8, 4) is 22.4 Å². The van der Waals surface area contributed by atoms with Crippen LogP contribution in [0, 0.1) is 6.92 Å². The van der Waals surface area contributed by atoms with Gasteiger partial charge in [0.25, 0.3) is 0 Å². The van der Waals surface area contributed by atoms with Gasteiger partial charge in [0.1, 0.15) is 6.33 Å². The molecule has 2 aromatic heterocycles. The minimum atomic E-state index is 0.493. The molecular formula is C19H11Cl3N2S. The number of benzene rings is 2. The highest BCUT2D eigenvalue weighted by molar-refractivity contribution is 7.18. The number of fused-ring (bicyclic) bond motifs is 1. The van der Waals surface area contributed by atoms with E-state index in [1.807, 2.05) is 37.3 Å². The van der Waals surface area contributed by atoms with E-state index in [4.69, 9.17) is 34.8 Å². The molecule has 4 aromatic rings. The number of halogens is 3. The maximum atomic E-state index is 6.51. The molecule has 2 aromatic carbocycles. The predicted octanol–water partition coefficient (Wildman–Crippen LogP) is 7.29. The minimum Gasteiger partial charge on any atom is -0.235 e. The molecule has 6 heteroatoms. The number of hydrogen-bond donors (Lipinski definition) is 0. The summed E-state index contributed by atoms with van der Waals surface area (Å²) in [6, 6.07) is 11.5. The smallest absolute Gasteiger partial charge is 0.116 e. The first-order chi connectivity index (χ1) is 12.1. The average Bonchev–Trinajstić information content (AvgIpc) is 3.04. The summed E-state index contributed by atoms with van der Waals surface area (Å²) in [5, 5.41) is 3.79. The maximum absolute atomic E-state index is 6.51. The third-order valence-corrected chi connectivity index (χ3v) is 6.34. The van der Waals surface area contributed by atoms with E-state index in [0.717, 1.165) is 43.2 Å². The molecule has 0 atom stereocenters. The molecule has 0 unspecified atom stereocenters. The van der Waals surface area contributed by atoms with Crippen molar-refractivity contribution in [2.45, 2.75) is 6.92 Å². The number of hydrogen-bond acceptors (Lipinski definition) is 3. The second kappa shape index (κ2) is 6.58. The van der Waals surface area contributed by atoms with Gasteiger partial charge in [0.15, 0.2) is 0 Å². The number of rotatable bonds is 2. The topological polar surface area (TPSA) is 25.8 Å². The van der Waals surface area contributed by atoms with Gasteiger partial charge in [0.2, 0.25) is 0 Å². The Labute approximate surface area is 164 Å². The molecule has 0 radical (unpaired) electrons. The first-order valence-electron chi connectivity index (χ1n) is 7.50. The predicted molar refractivity (Wildman–Crippen MR) is 108 cm³/mol. The number of aryl methyl sites for hydroxylation is 1. The number of thiophene rings is 1. The van der Waals surface area contributed by atoms with Crippen LogP contribution in [0.3, 0.4) is 0 Å². The lowest BCUT2D eigenvalue weighted by Gasteiger charge is -2.07. The van der Waals surface area contributed by atoms with E-state index in [2.05, 4.69) is 15.3 Å². The Morgan fingerprint density at radius 2 is 1.60 bits per heavy atom. The molecule has 0 aliphatic heterocycles. The Morgan fingerprint density at radius 3 is 2.44 bits per heavy atom. The molecular weight excluding hydrogens is 395 g/mol. The second-order valence-electron chi connectivity index (χ2n) is 5.59. The van der Waals surface area contributed by atoms with Crippen LogP contribution >= 0.6 is 46.1 Å². The molecule has 2 heterocycles. The SMILES string of the molecule is Cc1cccc(-c2csc3c(-c4cccc(Cl)c4Cl)ncnc23)c1Cl. The zero-order chi connectivity index (χ0) is 17.6. The van der Waals surface area contributed by atoms with Crippen LogP contribution < -0.4 is 0 Å². The van der Waals surface area contributed by atoms with Gasteiger partial charge in [-0.05, 0) is 18.6 Å². The third kappa shape index (κ3) is 2.81. The molecule has 0 aliphatic rings. The van der Waals surface area contributed by atoms with Gasteiger partial charge < -0.3 is 0 Å². The first-order valence-corrected chi connectivity index (χ1v) is 9.51. The van der Waals surface area contributed by atoms with E-state index >= 15 is 0 Å². The van der Waals surface area contributed by atoms with Crippen LogP contribution in [0.4, 0.5) is 0 Å². The Morgan fingerprint density at radius 1 is 0.840 bits per heavy atom. The van der Waals surface area contributed by atoms with Crippen molar-refractivity contribution in [3.63, 3.8) is 0 Å². The Balaban J connectivity index is 1.98. The van der Waals surface area contributed by atoms with E-state index in [1.165, 1.54) is 0 Å². The standard InChI is InChI=1S/C19H11Cl3N2S/c1-10-4-2-5-11(15(10)21)13-8-25-19-17(23-9-24-18(13)19)12-6-3-7-14(20)16(12)22/h2-9H,1H3. The van der Waals surface area contributed by atoms with Crippen LogP contribution in [0.1, 0.15) is 5.56 Å². The zero-order valence-electron chi connectivity index (χ0n) is 13.1. The average molecular weight is 406 g/mol. The fourth-order valence-electron chi connectivity index (χ4n) is 2.78. The summed E-state index contributed by atoms with van der Waals surface area (Å²) in [4.78, 5) is 8.94. The lowest BCUT2D eigenvalue weighted by atomic mass is 10.0. The first kappa shape index (κ1) is 16.8. The lowest BCUT2D eigenvalue weighted by Crippen LogP contribution is -1.89. The summed E-state index contributed by atoms with van der Waals surface area (Å²) in [5.41, 5.74) is 5.43. The summed E-state index contributed by atoms with van der Waals surface area (Å²) in [7, 11) is 0. The van der Waals surface area contributed by atoms with Crippen LogP contribution in [0.25, 0.3) is 32.6 Å². The van der Waals surface area contributed by atoms with Gasteiger partial charge in [-0.2, -0.15) is 0 Å². The van der Waals surface area contributed by atoms with Gasteiger partial charge in [-0.25, -0.2) is 9.97 Å². The summed E-state index contributed by atoms with van der Waals surface area (Å²) >= 11 is 20.6. The summed E-state index contributed by atoms with van der Waals surface area (Å²) < 4.78 is 0.958. The van der Waals surface area contributed by atoms with Crippen LogP contribution in [0.15, 0.2) is 48.1 Å². The molecule has 0 fully saturated rings. The molecule has 0 saturated carbocycles. The van der Waals surface area contributed by atoms with Crippen molar-refractivity contribution in [2.75, 3.05) is 0 Å². The van der Waals surface area contributed by atoms with Crippen molar-refractivity contribution in [1.29, 1.82) is 0 Å². The summed E-state index contributed by atoms with van der Waals surface area (Å²) in [6.07, 6.45) is 1.55. The van der Waals surface area contributed by atoms with Crippen molar-refractivity contribution in [1.82, 2.24) is 9.97 Å². The second-order valence-corrected chi connectivity index (χ2v) is 7.63. The van der Waals surface area contributed by atoms with Crippen LogP contribution in [-0.4, -0.2) is 9.97 Å². The lowest BCUT2D eigenvalue weighted by molar-refractivity contribution is 1.23. The van der Waals surface area contributed by atoms with Gasteiger partial charge >= 0.3 is 0 Å². The quantitative estimate of drug-likeness (QED) is 0.350. The summed E-state index contributed by atoms with van der Waals surface area (Å²) in [6.45, 7) is 1.99. The van der Waals surface area contributed by atoms with Crippen molar-refractivity contribution in [3.05, 3.63) is 68.7 Å². The molecule has 0 saturated heterocycles. The van der Waals surface area contributed by atoms with Crippen molar-refractivity contribution in [2.24, 2.45) is 0 Å². The molecule has 4 rings (SSSR count). The van der Waals surface area contributed by atoms with E-state index < -0.39 is 0 Å². The number of nitrogens with zero attached hydrogens (tertiary/aromatic N) is 2. The highest BCUT2D eigenvalue weighted by Crippen LogP contribution is 2.42. The van der Waals surface area contributed by atoms with E-state index in [1.54, 1.807) is 23.7 Å². The fourth-order valence-corrected chi connectivity index (χ4v) is 4.42. The molecule has 25 heavy (non-hydrogen) atoms. The monoisotopic (exact) mass is 404 g/mol. The van der Waals surface area contributed by atoms with Gasteiger partial charge in [-0.3, -0.25) is 0 Å². The summed E-state index contributed by atoms with van der Waals surface area (Å²) in [5.74, 6) is 0. The van der Waals surface area contributed by atoms with E-state index in [-0.39, 0.29) is 0 Å². The molecule has 124 valence electrons. The van der Waals surface area contributed by atoms with E-state index in [9.17, 15) is 0 Å². The molecule has 0 amide bonds. The minimum absolute atomic E-state index is 0.493. The van der Waals surface area contributed by atoms with Crippen LogP contribution in [-0.2, 0) is 0 Å². The fraction of sp³-hybridized carbons (Fsp3) is 0.0526. The Hall–Kier alpha value is -1.65. The zero-order valence-corrected chi connectivity index (χ0v) is 16.1. The van der Waals surface area contributed by atoms with Crippen LogP contribution in [0.2, 0.25) is 15.1 Å². The van der Waals surface area contributed by atoms with Crippen molar-refractivity contribution < 1.29 is 0 Å². The Bertz CT molecular complexity index is 1110. The largest absolute Gasteiger partial charge is 0.235 e. The van der Waals surface area contributed by atoms with E-state index in [0.29, 0.717) is 10.0 Å². The highest BCUT2D eigenvalue weighted by Gasteiger charge is 2.17. The van der Waals surface area contributed by atoms with Crippen LogP contribution in [0.5, 0.6) is 0 Å².